The van der Waals surface area contributed by atoms with Gasteiger partial charge in [-0.1, -0.05) is 26.0 Å². The maximum Gasteiger partial charge on any atom is 0.342 e. The number of phenols is 1. The van der Waals surface area contributed by atoms with Crippen LogP contribution in [0.15, 0.2) is 18.2 Å². The number of thioether (sulfide) groups is 1. The van der Waals surface area contributed by atoms with E-state index in [1.165, 1.54) is 17.8 Å². The third kappa shape index (κ3) is 5.33. The molecule has 1 amide bonds. The van der Waals surface area contributed by atoms with Crippen LogP contribution in [0, 0.1) is 11.8 Å². The molecule has 0 aromatic heterocycles. The molecule has 1 aromatic carbocycles. The molecule has 2 aliphatic heterocycles. The highest BCUT2D eigenvalue weighted by molar-refractivity contribution is 7.99. The molecule has 5 atom stereocenters. The fourth-order valence-electron chi connectivity index (χ4n) is 4.20. The molecular formula is C22H29NO7S. The number of fused-ring (bicyclic) bond motifs is 1. The molecule has 0 radical (unpaired) electrons. The number of hydrogen-bond acceptors (Lipinski definition) is 8. The zero-order valence-electron chi connectivity index (χ0n) is 17.9. The number of hydrogen-bond donors (Lipinski definition) is 3. The van der Waals surface area contributed by atoms with Gasteiger partial charge in [-0.3, -0.25) is 9.59 Å². The summed E-state index contributed by atoms with van der Waals surface area (Å²) < 4.78 is 10.6. The maximum atomic E-state index is 12.7. The highest BCUT2D eigenvalue weighted by Crippen LogP contribution is 2.31. The summed E-state index contributed by atoms with van der Waals surface area (Å²) in [4.78, 5) is 36.9. The predicted octanol–water partition coefficient (Wildman–Crippen LogP) is 1.66. The zero-order valence-corrected chi connectivity index (χ0v) is 18.7. The van der Waals surface area contributed by atoms with Crippen molar-refractivity contribution in [3.8, 4) is 5.75 Å². The summed E-state index contributed by atoms with van der Waals surface area (Å²) in [6, 6.07) is 4.43. The Morgan fingerprint density at radius 2 is 2.06 bits per heavy atom. The predicted molar refractivity (Wildman–Crippen MR) is 115 cm³/mol. The highest BCUT2D eigenvalue weighted by Gasteiger charge is 2.42. The number of aliphatic hydroxyl groups excluding tert-OH is 1. The number of phenolic OH excluding ortho intramolecular Hbond substituents is 1. The Morgan fingerprint density at radius 1 is 1.32 bits per heavy atom. The number of benzene rings is 1. The number of rotatable bonds is 8. The first-order valence-electron chi connectivity index (χ1n) is 10.4. The van der Waals surface area contributed by atoms with Gasteiger partial charge in [-0.2, -0.15) is 0 Å². The molecule has 1 saturated heterocycles. The lowest BCUT2D eigenvalue weighted by Gasteiger charge is -2.33. The Morgan fingerprint density at radius 3 is 2.74 bits per heavy atom. The van der Waals surface area contributed by atoms with Gasteiger partial charge in [0.15, 0.2) is 0 Å². The van der Waals surface area contributed by atoms with E-state index in [4.69, 9.17) is 9.47 Å². The van der Waals surface area contributed by atoms with Crippen LogP contribution in [-0.4, -0.2) is 64.4 Å². The molecule has 1 fully saturated rings. The third-order valence-electron chi connectivity index (χ3n) is 5.71. The van der Waals surface area contributed by atoms with E-state index in [0.717, 1.165) is 0 Å². The van der Waals surface area contributed by atoms with Crippen molar-refractivity contribution in [3.05, 3.63) is 29.3 Å². The molecule has 0 bridgehead atoms. The van der Waals surface area contributed by atoms with Gasteiger partial charge >= 0.3 is 11.9 Å². The Labute approximate surface area is 185 Å². The van der Waals surface area contributed by atoms with Crippen LogP contribution in [0.3, 0.4) is 0 Å². The Hall–Kier alpha value is -2.26. The SMILES string of the molecule is CS[C@@H]1C(=O)OC[C@H]1[C@H](O)CC(=O)N[C@@H](CC(C)C)[C@@H]1Cc2cccc(O)c2C(=O)O1. The molecule has 0 aliphatic carbocycles. The summed E-state index contributed by atoms with van der Waals surface area (Å²) in [5.74, 6) is -1.71. The third-order valence-corrected chi connectivity index (χ3v) is 6.76. The van der Waals surface area contributed by atoms with Gasteiger partial charge in [0.2, 0.25) is 5.91 Å². The molecule has 2 aliphatic rings. The minimum absolute atomic E-state index is 0.0920. The van der Waals surface area contributed by atoms with E-state index in [1.54, 1.807) is 18.4 Å². The first-order chi connectivity index (χ1) is 14.7. The Kier molecular flexibility index (Phi) is 7.48. The van der Waals surface area contributed by atoms with E-state index in [9.17, 15) is 24.6 Å². The monoisotopic (exact) mass is 451 g/mol. The Bertz CT molecular complexity index is 843. The first-order valence-corrected chi connectivity index (χ1v) is 11.7. The number of carbonyl (C=O) groups is 3. The second-order valence-electron chi connectivity index (χ2n) is 8.48. The van der Waals surface area contributed by atoms with Crippen LogP contribution in [-0.2, 0) is 25.5 Å². The molecule has 9 heteroatoms. The summed E-state index contributed by atoms with van der Waals surface area (Å²) in [6.45, 7) is 4.10. The molecule has 1 aromatic rings. The van der Waals surface area contributed by atoms with Crippen molar-refractivity contribution in [2.75, 3.05) is 12.9 Å². The zero-order chi connectivity index (χ0) is 22.7. The minimum Gasteiger partial charge on any atom is -0.507 e. The van der Waals surface area contributed by atoms with Crippen molar-refractivity contribution < 1.29 is 34.1 Å². The van der Waals surface area contributed by atoms with Crippen molar-refractivity contribution in [1.82, 2.24) is 5.32 Å². The molecule has 2 heterocycles. The normalized spacial score (nSPS) is 24.9. The lowest BCUT2D eigenvalue weighted by molar-refractivity contribution is -0.137. The van der Waals surface area contributed by atoms with Crippen LogP contribution in [0.5, 0.6) is 5.75 Å². The number of carbonyl (C=O) groups excluding carboxylic acids is 3. The molecule has 0 unspecified atom stereocenters. The maximum absolute atomic E-state index is 12.7. The van der Waals surface area contributed by atoms with E-state index in [2.05, 4.69) is 5.32 Å². The minimum atomic E-state index is -1.02. The number of cyclic esters (lactones) is 2. The van der Waals surface area contributed by atoms with Crippen LogP contribution in [0.4, 0.5) is 0 Å². The summed E-state index contributed by atoms with van der Waals surface area (Å²) >= 11 is 1.30. The molecule has 170 valence electrons. The van der Waals surface area contributed by atoms with E-state index in [-0.39, 0.29) is 42.1 Å². The van der Waals surface area contributed by atoms with Crippen LogP contribution >= 0.6 is 11.8 Å². The summed E-state index contributed by atoms with van der Waals surface area (Å²) in [5, 5.41) is 22.9. The average molecular weight is 452 g/mol. The van der Waals surface area contributed by atoms with Gasteiger partial charge in [-0.15, -0.1) is 11.8 Å². The second kappa shape index (κ2) is 9.91. The molecule has 8 nitrogen and oxygen atoms in total. The molecule has 3 rings (SSSR count). The first kappa shape index (κ1) is 23.4. The summed E-state index contributed by atoms with van der Waals surface area (Å²) in [6.07, 6.45) is 0.936. The largest absolute Gasteiger partial charge is 0.507 e. The van der Waals surface area contributed by atoms with E-state index < -0.39 is 35.4 Å². The lowest BCUT2D eigenvalue weighted by atomic mass is 9.90. The number of aromatic hydroxyl groups is 1. The standard InChI is InChI=1S/C22H29NO7S/c1-11(2)7-14(17-8-12-5-4-6-15(24)19(12)21(27)30-17)23-18(26)9-16(25)13-10-29-22(28)20(13)31-3/h4-6,11,13-14,16-17,20,24-25H,7-10H2,1-3H3,(H,23,26)/t13-,14-,16+,17-,20-/m0/s1. The quantitative estimate of drug-likeness (QED) is 0.510. The van der Waals surface area contributed by atoms with Gasteiger partial charge in [0.05, 0.1) is 25.2 Å². The fraction of sp³-hybridized carbons (Fsp3) is 0.591. The number of nitrogens with one attached hydrogen (secondary N) is 1. The van der Waals surface area contributed by atoms with Crippen LogP contribution in [0.2, 0.25) is 0 Å². The van der Waals surface area contributed by atoms with Gasteiger partial charge in [-0.05, 0) is 30.2 Å². The van der Waals surface area contributed by atoms with E-state index in [0.29, 0.717) is 18.4 Å². The smallest absolute Gasteiger partial charge is 0.342 e. The topological polar surface area (TPSA) is 122 Å². The molecule has 0 saturated carbocycles. The van der Waals surface area contributed by atoms with Gasteiger partial charge in [0.25, 0.3) is 0 Å². The fourth-order valence-corrected chi connectivity index (χ4v) is 5.07. The van der Waals surface area contributed by atoms with Gasteiger partial charge < -0.3 is 25.0 Å². The van der Waals surface area contributed by atoms with E-state index >= 15 is 0 Å². The van der Waals surface area contributed by atoms with Crippen LogP contribution in [0.1, 0.15) is 42.6 Å². The van der Waals surface area contributed by atoms with Gasteiger partial charge in [-0.25, -0.2) is 4.79 Å². The number of aliphatic hydroxyl groups is 1. The molecular weight excluding hydrogens is 422 g/mol. The molecule has 3 N–H and O–H groups in total. The van der Waals surface area contributed by atoms with Crippen molar-refractivity contribution >= 4 is 29.6 Å². The average Bonchev–Trinajstić information content (AvgIpc) is 3.07. The van der Waals surface area contributed by atoms with E-state index in [1.807, 2.05) is 13.8 Å². The molecule has 0 spiro atoms. The lowest BCUT2D eigenvalue weighted by Crippen LogP contribution is -2.49. The highest BCUT2D eigenvalue weighted by atomic mass is 32.2. The van der Waals surface area contributed by atoms with Gasteiger partial charge in [0.1, 0.15) is 22.7 Å². The number of ether oxygens (including phenoxy) is 2. The summed E-state index contributed by atoms with van der Waals surface area (Å²) in [7, 11) is 0. The van der Waals surface area contributed by atoms with Crippen molar-refractivity contribution in [1.29, 1.82) is 0 Å². The summed E-state index contributed by atoms with van der Waals surface area (Å²) in [5.41, 5.74) is 0.839. The van der Waals surface area contributed by atoms with Gasteiger partial charge in [0, 0.05) is 12.3 Å². The second-order valence-corrected chi connectivity index (χ2v) is 9.46. The number of esters is 2. The van der Waals surface area contributed by atoms with Crippen LogP contribution < -0.4 is 5.32 Å². The molecule has 31 heavy (non-hydrogen) atoms. The number of amides is 1. The van der Waals surface area contributed by atoms with Crippen molar-refractivity contribution in [2.45, 2.75) is 56.6 Å². The Balaban J connectivity index is 1.68. The van der Waals surface area contributed by atoms with Crippen molar-refractivity contribution in [2.24, 2.45) is 11.8 Å². The van der Waals surface area contributed by atoms with Crippen molar-refractivity contribution in [3.63, 3.8) is 0 Å². The van der Waals surface area contributed by atoms with Crippen LogP contribution in [0.25, 0.3) is 0 Å².